The standard InChI is InChI=1S/C16H18N2S/c1-13(16-9-6-10-19-16)18(2)12-15(11-17)14-7-4-3-5-8-14/h3-10,13,15H,12H2,1-2H3. The van der Waals surface area contributed by atoms with Gasteiger partial charge in [0.25, 0.3) is 0 Å². The highest BCUT2D eigenvalue weighted by molar-refractivity contribution is 7.10. The number of nitriles is 1. The van der Waals surface area contributed by atoms with E-state index in [4.69, 9.17) is 0 Å². The van der Waals surface area contributed by atoms with Crippen molar-refractivity contribution in [3.8, 4) is 6.07 Å². The smallest absolute Gasteiger partial charge is 0.0839 e. The maximum atomic E-state index is 9.37. The molecule has 2 aromatic rings. The summed E-state index contributed by atoms with van der Waals surface area (Å²) in [5, 5.41) is 11.5. The molecule has 0 aliphatic heterocycles. The quantitative estimate of drug-likeness (QED) is 0.819. The van der Waals surface area contributed by atoms with Gasteiger partial charge in [-0.05, 0) is 31.0 Å². The third-order valence-corrected chi connectivity index (χ3v) is 4.49. The van der Waals surface area contributed by atoms with Crippen LogP contribution in [0, 0.1) is 11.3 Å². The molecule has 0 saturated carbocycles. The summed E-state index contributed by atoms with van der Waals surface area (Å²) in [5.41, 5.74) is 1.09. The van der Waals surface area contributed by atoms with Crippen molar-refractivity contribution in [3.05, 3.63) is 58.3 Å². The molecule has 0 amide bonds. The number of likely N-dealkylation sites (N-methyl/N-ethyl adjacent to an activating group) is 1. The Labute approximate surface area is 118 Å². The summed E-state index contributed by atoms with van der Waals surface area (Å²) < 4.78 is 0. The summed E-state index contributed by atoms with van der Waals surface area (Å²) in [7, 11) is 2.08. The second kappa shape index (κ2) is 6.51. The second-order valence-corrected chi connectivity index (χ2v) is 5.70. The van der Waals surface area contributed by atoms with Crippen molar-refractivity contribution in [2.45, 2.75) is 18.9 Å². The average molecular weight is 270 g/mol. The molecule has 2 atom stereocenters. The molecular formula is C16H18N2S. The van der Waals surface area contributed by atoms with E-state index in [2.05, 4.69) is 42.5 Å². The van der Waals surface area contributed by atoms with Gasteiger partial charge in [0.1, 0.15) is 0 Å². The van der Waals surface area contributed by atoms with E-state index < -0.39 is 0 Å². The van der Waals surface area contributed by atoms with Crippen LogP contribution in [0.2, 0.25) is 0 Å². The second-order valence-electron chi connectivity index (χ2n) is 4.72. The van der Waals surface area contributed by atoms with E-state index in [9.17, 15) is 5.26 Å². The molecule has 2 rings (SSSR count). The van der Waals surface area contributed by atoms with Crippen LogP contribution in [0.1, 0.15) is 29.3 Å². The Morgan fingerprint density at radius 2 is 1.95 bits per heavy atom. The third kappa shape index (κ3) is 3.44. The largest absolute Gasteiger partial charge is 0.297 e. The van der Waals surface area contributed by atoms with Gasteiger partial charge in [-0.3, -0.25) is 4.90 Å². The number of hydrogen-bond acceptors (Lipinski definition) is 3. The van der Waals surface area contributed by atoms with Crippen LogP contribution >= 0.6 is 11.3 Å². The van der Waals surface area contributed by atoms with Gasteiger partial charge in [-0.2, -0.15) is 5.26 Å². The zero-order valence-electron chi connectivity index (χ0n) is 11.3. The van der Waals surface area contributed by atoms with Crippen molar-refractivity contribution >= 4 is 11.3 Å². The lowest BCUT2D eigenvalue weighted by Crippen LogP contribution is -2.26. The molecule has 1 aromatic carbocycles. The minimum absolute atomic E-state index is 0.0754. The van der Waals surface area contributed by atoms with E-state index >= 15 is 0 Å². The van der Waals surface area contributed by atoms with Crippen LogP contribution in [0.25, 0.3) is 0 Å². The average Bonchev–Trinajstić information content (AvgIpc) is 2.98. The first-order chi connectivity index (χ1) is 9.22. The van der Waals surface area contributed by atoms with Gasteiger partial charge in [-0.25, -0.2) is 0 Å². The molecule has 2 nitrogen and oxygen atoms in total. The lowest BCUT2D eigenvalue weighted by molar-refractivity contribution is 0.260. The van der Waals surface area contributed by atoms with Crippen LogP contribution in [0.5, 0.6) is 0 Å². The van der Waals surface area contributed by atoms with E-state index in [0.29, 0.717) is 6.04 Å². The molecule has 2 unspecified atom stereocenters. The number of thiophene rings is 1. The Kier molecular flexibility index (Phi) is 4.73. The first-order valence-corrected chi connectivity index (χ1v) is 7.28. The van der Waals surface area contributed by atoms with Gasteiger partial charge in [0.15, 0.2) is 0 Å². The predicted octanol–water partition coefficient (Wildman–Crippen LogP) is 4.05. The van der Waals surface area contributed by atoms with E-state index in [1.54, 1.807) is 11.3 Å². The van der Waals surface area contributed by atoms with Gasteiger partial charge in [0.2, 0.25) is 0 Å². The highest BCUT2D eigenvalue weighted by Gasteiger charge is 2.18. The minimum atomic E-state index is -0.0754. The first-order valence-electron chi connectivity index (χ1n) is 6.40. The normalized spacial score (nSPS) is 14.0. The Hall–Kier alpha value is -1.63. The molecule has 3 heteroatoms. The number of hydrogen-bond donors (Lipinski definition) is 0. The number of benzene rings is 1. The molecule has 1 aromatic heterocycles. The van der Waals surface area contributed by atoms with E-state index in [1.165, 1.54) is 4.88 Å². The van der Waals surface area contributed by atoms with Crippen molar-refractivity contribution in [1.82, 2.24) is 4.90 Å². The van der Waals surface area contributed by atoms with E-state index in [-0.39, 0.29) is 5.92 Å². The molecule has 0 fully saturated rings. The Balaban J connectivity index is 2.05. The molecule has 98 valence electrons. The fourth-order valence-electron chi connectivity index (χ4n) is 2.10. The van der Waals surface area contributed by atoms with Crippen molar-refractivity contribution in [2.75, 3.05) is 13.6 Å². The number of rotatable bonds is 5. The monoisotopic (exact) mass is 270 g/mol. The van der Waals surface area contributed by atoms with Crippen LogP contribution in [-0.4, -0.2) is 18.5 Å². The molecular weight excluding hydrogens is 252 g/mol. The van der Waals surface area contributed by atoms with Gasteiger partial charge in [-0.15, -0.1) is 11.3 Å². The molecule has 0 saturated heterocycles. The van der Waals surface area contributed by atoms with Crippen LogP contribution in [0.4, 0.5) is 0 Å². The highest BCUT2D eigenvalue weighted by Crippen LogP contribution is 2.26. The summed E-state index contributed by atoms with van der Waals surface area (Å²) in [6.07, 6.45) is 0. The van der Waals surface area contributed by atoms with Crippen LogP contribution < -0.4 is 0 Å². The molecule has 0 bridgehead atoms. The summed E-state index contributed by atoms with van der Waals surface area (Å²) in [5.74, 6) is -0.0754. The Morgan fingerprint density at radius 3 is 2.53 bits per heavy atom. The molecule has 0 N–H and O–H groups in total. The van der Waals surface area contributed by atoms with Gasteiger partial charge >= 0.3 is 0 Å². The lowest BCUT2D eigenvalue weighted by Gasteiger charge is -2.26. The number of nitrogens with zero attached hydrogens (tertiary/aromatic N) is 2. The van der Waals surface area contributed by atoms with Crippen LogP contribution in [0.15, 0.2) is 47.8 Å². The first kappa shape index (κ1) is 13.8. The maximum Gasteiger partial charge on any atom is 0.0839 e. The molecule has 19 heavy (non-hydrogen) atoms. The van der Waals surface area contributed by atoms with Crippen molar-refractivity contribution < 1.29 is 0 Å². The lowest BCUT2D eigenvalue weighted by atomic mass is 10.00. The molecule has 1 heterocycles. The summed E-state index contributed by atoms with van der Waals surface area (Å²) in [6.45, 7) is 2.94. The maximum absolute atomic E-state index is 9.37. The molecule has 0 spiro atoms. The molecule has 0 radical (unpaired) electrons. The van der Waals surface area contributed by atoms with Gasteiger partial charge in [-0.1, -0.05) is 36.4 Å². The minimum Gasteiger partial charge on any atom is -0.297 e. The van der Waals surface area contributed by atoms with Crippen molar-refractivity contribution in [3.63, 3.8) is 0 Å². The zero-order valence-corrected chi connectivity index (χ0v) is 12.1. The highest BCUT2D eigenvalue weighted by atomic mass is 32.1. The van der Waals surface area contributed by atoms with Crippen molar-refractivity contribution in [2.24, 2.45) is 0 Å². The predicted molar refractivity (Wildman–Crippen MR) is 80.2 cm³/mol. The topological polar surface area (TPSA) is 27.0 Å². The SMILES string of the molecule is CC(c1cccs1)N(C)CC(C#N)c1ccccc1. The van der Waals surface area contributed by atoms with E-state index in [0.717, 1.165) is 12.1 Å². The Morgan fingerprint density at radius 1 is 1.21 bits per heavy atom. The zero-order chi connectivity index (χ0) is 13.7. The fraction of sp³-hybridized carbons (Fsp3) is 0.312. The summed E-state index contributed by atoms with van der Waals surface area (Å²) >= 11 is 1.77. The fourth-order valence-corrected chi connectivity index (χ4v) is 2.95. The third-order valence-electron chi connectivity index (χ3n) is 3.44. The Bertz CT molecular complexity index is 528. The van der Waals surface area contributed by atoms with Crippen LogP contribution in [-0.2, 0) is 0 Å². The van der Waals surface area contributed by atoms with Crippen molar-refractivity contribution in [1.29, 1.82) is 5.26 Å². The van der Waals surface area contributed by atoms with Gasteiger partial charge in [0, 0.05) is 17.5 Å². The van der Waals surface area contributed by atoms with Gasteiger partial charge < -0.3 is 0 Å². The van der Waals surface area contributed by atoms with Gasteiger partial charge in [0.05, 0.1) is 12.0 Å². The summed E-state index contributed by atoms with van der Waals surface area (Å²) in [6, 6.07) is 17.0. The van der Waals surface area contributed by atoms with Crippen LogP contribution in [0.3, 0.4) is 0 Å². The molecule has 0 aliphatic carbocycles. The summed E-state index contributed by atoms with van der Waals surface area (Å²) in [4.78, 5) is 3.58. The van der Waals surface area contributed by atoms with E-state index in [1.807, 2.05) is 30.3 Å². The molecule has 0 aliphatic rings.